The van der Waals surface area contributed by atoms with Gasteiger partial charge in [-0.25, -0.2) is 4.98 Å². The summed E-state index contributed by atoms with van der Waals surface area (Å²) in [6, 6.07) is 21.3. The number of methoxy groups -OCH3 is 2. The Balaban J connectivity index is 1.41. The summed E-state index contributed by atoms with van der Waals surface area (Å²) in [7, 11) is 3.22. The monoisotopic (exact) mass is 468 g/mol. The van der Waals surface area contributed by atoms with Crippen LogP contribution in [0, 0.1) is 0 Å². The molecule has 3 heterocycles. The Hall–Kier alpha value is -3.97. The lowest BCUT2D eigenvalue weighted by atomic mass is 10.0. The van der Waals surface area contributed by atoms with Gasteiger partial charge in [-0.15, -0.1) is 0 Å². The number of rotatable bonds is 6. The van der Waals surface area contributed by atoms with Crippen LogP contribution in [-0.2, 0) is 6.54 Å². The van der Waals surface area contributed by atoms with Gasteiger partial charge < -0.3 is 14.4 Å². The number of fused-ring (bicyclic) bond motifs is 1. The third kappa shape index (κ3) is 4.81. The van der Waals surface area contributed by atoms with Gasteiger partial charge in [-0.05, 0) is 42.5 Å². The number of nitrogens with zero attached hydrogens (tertiary/aromatic N) is 4. The Morgan fingerprint density at radius 1 is 0.886 bits per heavy atom. The Bertz CT molecular complexity index is 1330. The van der Waals surface area contributed by atoms with Crippen LogP contribution in [0.3, 0.4) is 0 Å². The van der Waals surface area contributed by atoms with Crippen LogP contribution < -0.4 is 9.47 Å². The van der Waals surface area contributed by atoms with Crippen molar-refractivity contribution in [1.29, 1.82) is 0 Å². The molecule has 1 amide bonds. The first-order valence-electron chi connectivity index (χ1n) is 11.7. The van der Waals surface area contributed by atoms with Crippen molar-refractivity contribution in [1.82, 2.24) is 19.8 Å². The molecule has 7 nitrogen and oxygen atoms in total. The Morgan fingerprint density at radius 2 is 1.66 bits per heavy atom. The van der Waals surface area contributed by atoms with Crippen LogP contribution >= 0.6 is 0 Å². The minimum atomic E-state index is 0.0304. The summed E-state index contributed by atoms with van der Waals surface area (Å²) in [5, 5.41) is 0.859. The lowest BCUT2D eigenvalue weighted by Gasteiger charge is -2.34. The maximum Gasteiger partial charge on any atom is 0.254 e. The van der Waals surface area contributed by atoms with Gasteiger partial charge in [0.05, 0.1) is 36.7 Å². The van der Waals surface area contributed by atoms with Crippen molar-refractivity contribution in [3.8, 4) is 22.8 Å². The van der Waals surface area contributed by atoms with Gasteiger partial charge in [-0.3, -0.25) is 14.7 Å². The largest absolute Gasteiger partial charge is 0.493 e. The fraction of sp³-hybridized carbons (Fsp3) is 0.250. The van der Waals surface area contributed by atoms with E-state index in [1.807, 2.05) is 77.8 Å². The van der Waals surface area contributed by atoms with Gasteiger partial charge in [0.15, 0.2) is 11.5 Å². The van der Waals surface area contributed by atoms with Crippen LogP contribution in [0.5, 0.6) is 11.5 Å². The average Bonchev–Trinajstić information content (AvgIpc) is 2.92. The van der Waals surface area contributed by atoms with E-state index in [9.17, 15) is 4.79 Å². The number of hydrogen-bond acceptors (Lipinski definition) is 6. The Labute approximate surface area is 204 Å². The molecule has 0 saturated carbocycles. The molecular formula is C28H28N4O3. The Morgan fingerprint density at radius 3 is 2.40 bits per heavy atom. The number of benzene rings is 2. The fourth-order valence-corrected chi connectivity index (χ4v) is 4.50. The van der Waals surface area contributed by atoms with Crippen molar-refractivity contribution in [3.63, 3.8) is 0 Å². The molecular weight excluding hydrogens is 440 g/mol. The number of pyridine rings is 2. The lowest BCUT2D eigenvalue weighted by Crippen LogP contribution is -2.48. The molecule has 5 rings (SSSR count). The van der Waals surface area contributed by atoms with E-state index in [2.05, 4.69) is 9.88 Å². The second kappa shape index (κ2) is 10.1. The molecule has 7 heteroatoms. The minimum absolute atomic E-state index is 0.0304. The molecule has 0 bridgehead atoms. The molecule has 0 radical (unpaired) electrons. The summed E-state index contributed by atoms with van der Waals surface area (Å²) in [6.45, 7) is 3.77. The zero-order valence-corrected chi connectivity index (χ0v) is 20.0. The number of para-hydroxylation sites is 1. The number of piperazine rings is 1. The highest BCUT2D eigenvalue weighted by molar-refractivity contribution is 6.07. The van der Waals surface area contributed by atoms with E-state index in [1.165, 1.54) is 0 Å². The van der Waals surface area contributed by atoms with Crippen molar-refractivity contribution in [2.45, 2.75) is 6.54 Å². The van der Waals surface area contributed by atoms with Gasteiger partial charge in [0.1, 0.15) is 0 Å². The highest BCUT2D eigenvalue weighted by atomic mass is 16.5. The maximum absolute atomic E-state index is 13.7. The quantitative estimate of drug-likeness (QED) is 0.421. The smallest absolute Gasteiger partial charge is 0.254 e. The number of carbonyl (C=O) groups excluding carboxylic acids is 1. The first kappa shape index (κ1) is 22.8. The van der Waals surface area contributed by atoms with E-state index in [-0.39, 0.29) is 5.91 Å². The van der Waals surface area contributed by atoms with E-state index in [1.54, 1.807) is 14.2 Å². The van der Waals surface area contributed by atoms with Gasteiger partial charge in [-0.2, -0.15) is 0 Å². The number of amides is 1. The molecule has 0 aliphatic carbocycles. The zero-order chi connectivity index (χ0) is 24.2. The van der Waals surface area contributed by atoms with E-state index >= 15 is 0 Å². The predicted octanol–water partition coefficient (Wildman–Crippen LogP) is 4.27. The first-order chi connectivity index (χ1) is 17.2. The number of ether oxygens (including phenoxy) is 2. The van der Waals surface area contributed by atoms with Crippen LogP contribution in [0.4, 0.5) is 0 Å². The van der Waals surface area contributed by atoms with Crippen molar-refractivity contribution >= 4 is 16.8 Å². The molecule has 0 unspecified atom stereocenters. The Kier molecular flexibility index (Phi) is 6.59. The summed E-state index contributed by atoms with van der Waals surface area (Å²) in [5.41, 5.74) is 4.09. The van der Waals surface area contributed by atoms with Gasteiger partial charge >= 0.3 is 0 Å². The summed E-state index contributed by atoms with van der Waals surface area (Å²) in [6.07, 6.45) is 1.82. The number of hydrogen-bond donors (Lipinski definition) is 0. The van der Waals surface area contributed by atoms with Gasteiger partial charge in [0.2, 0.25) is 0 Å². The van der Waals surface area contributed by atoms with Crippen LogP contribution in [0.25, 0.3) is 22.2 Å². The summed E-state index contributed by atoms with van der Waals surface area (Å²) < 4.78 is 10.8. The molecule has 4 aromatic rings. The molecule has 2 aromatic carbocycles. The second-order valence-corrected chi connectivity index (χ2v) is 8.53. The molecule has 35 heavy (non-hydrogen) atoms. The third-order valence-corrected chi connectivity index (χ3v) is 6.40. The summed E-state index contributed by atoms with van der Waals surface area (Å²) >= 11 is 0. The molecule has 2 aromatic heterocycles. The van der Waals surface area contributed by atoms with Gasteiger partial charge in [-0.1, -0.05) is 24.3 Å². The molecule has 1 fully saturated rings. The van der Waals surface area contributed by atoms with Crippen molar-refractivity contribution in [2.75, 3.05) is 40.4 Å². The molecule has 178 valence electrons. The van der Waals surface area contributed by atoms with Crippen molar-refractivity contribution in [2.24, 2.45) is 0 Å². The van der Waals surface area contributed by atoms with Crippen molar-refractivity contribution < 1.29 is 14.3 Å². The summed E-state index contributed by atoms with van der Waals surface area (Å²) in [4.78, 5) is 27.3. The van der Waals surface area contributed by atoms with Crippen LogP contribution in [0.15, 0.2) is 72.9 Å². The van der Waals surface area contributed by atoms with Gasteiger partial charge in [0, 0.05) is 49.9 Å². The standard InChI is InChI=1S/C28H28N4O3/c1-34-26-11-10-20(17-27(26)35-2)25-18-23(22-8-3-4-9-24(22)30-25)28(33)32-15-13-31(14-16-32)19-21-7-5-6-12-29-21/h3-12,17-18H,13-16,19H2,1-2H3. The summed E-state index contributed by atoms with van der Waals surface area (Å²) in [5.74, 6) is 1.30. The van der Waals surface area contributed by atoms with E-state index < -0.39 is 0 Å². The molecule has 1 saturated heterocycles. The molecule has 1 aliphatic rings. The van der Waals surface area contributed by atoms with E-state index in [4.69, 9.17) is 14.5 Å². The topological polar surface area (TPSA) is 67.8 Å². The highest BCUT2D eigenvalue weighted by Crippen LogP contribution is 2.33. The molecule has 0 spiro atoms. The SMILES string of the molecule is COc1ccc(-c2cc(C(=O)N3CCN(Cc4ccccn4)CC3)c3ccccc3n2)cc1OC. The van der Waals surface area contributed by atoms with Crippen LogP contribution in [0.1, 0.15) is 16.1 Å². The second-order valence-electron chi connectivity index (χ2n) is 8.53. The third-order valence-electron chi connectivity index (χ3n) is 6.40. The lowest BCUT2D eigenvalue weighted by molar-refractivity contribution is 0.0629. The van der Waals surface area contributed by atoms with E-state index in [0.29, 0.717) is 30.2 Å². The van der Waals surface area contributed by atoms with E-state index in [0.717, 1.165) is 47.5 Å². The first-order valence-corrected chi connectivity index (χ1v) is 11.7. The van der Waals surface area contributed by atoms with Crippen LogP contribution in [-0.4, -0.2) is 66.1 Å². The predicted molar refractivity (Wildman–Crippen MR) is 136 cm³/mol. The molecule has 0 N–H and O–H groups in total. The average molecular weight is 469 g/mol. The maximum atomic E-state index is 13.7. The zero-order valence-electron chi connectivity index (χ0n) is 20.0. The van der Waals surface area contributed by atoms with Crippen molar-refractivity contribution in [3.05, 3.63) is 84.2 Å². The van der Waals surface area contributed by atoms with Gasteiger partial charge in [0.25, 0.3) is 5.91 Å². The number of carbonyl (C=O) groups is 1. The fourth-order valence-electron chi connectivity index (χ4n) is 4.50. The van der Waals surface area contributed by atoms with Crippen LogP contribution in [0.2, 0.25) is 0 Å². The number of aromatic nitrogens is 2. The highest BCUT2D eigenvalue weighted by Gasteiger charge is 2.24. The molecule has 0 atom stereocenters. The normalized spacial score (nSPS) is 14.2. The molecule has 1 aliphatic heterocycles. The minimum Gasteiger partial charge on any atom is -0.493 e.